The Morgan fingerprint density at radius 3 is 2.53 bits per heavy atom. The first-order valence-electron chi connectivity index (χ1n) is 4.25. The largest absolute Gasteiger partial charge is 0.417 e. The molecule has 0 bridgehead atoms. The molecule has 2 heterocycles. The van der Waals surface area contributed by atoms with Crippen molar-refractivity contribution in [3.63, 3.8) is 0 Å². The van der Waals surface area contributed by atoms with E-state index < -0.39 is 17.0 Å². The second-order valence-electron chi connectivity index (χ2n) is 3.17. The highest BCUT2D eigenvalue weighted by atomic mass is 35.5. The zero-order valence-electron chi connectivity index (χ0n) is 7.92. The Labute approximate surface area is 103 Å². The maximum absolute atomic E-state index is 12.4. The van der Waals surface area contributed by atoms with E-state index >= 15 is 0 Å². The molecule has 0 atom stereocenters. The molecule has 3 nitrogen and oxygen atoms in total. The van der Waals surface area contributed by atoms with E-state index in [9.17, 15) is 18.0 Å². The van der Waals surface area contributed by atoms with Crippen molar-refractivity contribution < 1.29 is 18.0 Å². The molecular formula is C9H3Cl2F3N2O. The highest BCUT2D eigenvalue weighted by Gasteiger charge is 2.31. The molecule has 0 radical (unpaired) electrons. The zero-order valence-corrected chi connectivity index (χ0v) is 9.44. The van der Waals surface area contributed by atoms with E-state index in [0.717, 1.165) is 22.7 Å². The molecule has 2 aromatic heterocycles. The van der Waals surface area contributed by atoms with Crippen LogP contribution in [0.1, 0.15) is 16.1 Å². The van der Waals surface area contributed by atoms with Crippen LogP contribution in [0.4, 0.5) is 13.2 Å². The number of carbonyl (C=O) groups is 1. The van der Waals surface area contributed by atoms with Gasteiger partial charge in [0.05, 0.1) is 5.56 Å². The first-order valence-corrected chi connectivity index (χ1v) is 5.01. The Morgan fingerprint density at radius 2 is 2.00 bits per heavy atom. The van der Waals surface area contributed by atoms with Gasteiger partial charge in [0.15, 0.2) is 5.69 Å². The lowest BCUT2D eigenvalue weighted by atomic mass is 10.3. The van der Waals surface area contributed by atoms with Crippen molar-refractivity contribution in [2.24, 2.45) is 0 Å². The van der Waals surface area contributed by atoms with Gasteiger partial charge in [-0.3, -0.25) is 9.20 Å². The second-order valence-corrected chi connectivity index (χ2v) is 3.87. The maximum atomic E-state index is 12.4. The summed E-state index contributed by atoms with van der Waals surface area (Å²) in [5, 5.41) is -1.17. The molecule has 2 rings (SSSR count). The molecule has 8 heteroatoms. The van der Waals surface area contributed by atoms with Gasteiger partial charge in [0.25, 0.3) is 5.24 Å². The molecule has 0 aliphatic heterocycles. The van der Waals surface area contributed by atoms with Crippen LogP contribution in [-0.2, 0) is 6.18 Å². The van der Waals surface area contributed by atoms with Crippen LogP contribution in [0.25, 0.3) is 5.65 Å². The van der Waals surface area contributed by atoms with Crippen LogP contribution in [0.3, 0.4) is 0 Å². The summed E-state index contributed by atoms with van der Waals surface area (Å²) in [5.41, 5.74) is -1.04. The van der Waals surface area contributed by atoms with E-state index in [1.807, 2.05) is 0 Å². The number of fused-ring (bicyclic) bond motifs is 1. The van der Waals surface area contributed by atoms with Crippen LogP contribution in [0.15, 0.2) is 18.3 Å². The number of carbonyl (C=O) groups excluding carboxylic acids is 1. The van der Waals surface area contributed by atoms with Crippen molar-refractivity contribution >= 4 is 34.1 Å². The fourth-order valence-electron chi connectivity index (χ4n) is 1.31. The number of nitrogens with zero attached hydrogens (tertiary/aromatic N) is 2. The summed E-state index contributed by atoms with van der Waals surface area (Å²) < 4.78 is 38.3. The summed E-state index contributed by atoms with van der Waals surface area (Å²) in [6.45, 7) is 0. The summed E-state index contributed by atoms with van der Waals surface area (Å²) in [4.78, 5) is 14.6. The fraction of sp³-hybridized carbons (Fsp3) is 0.111. The summed E-state index contributed by atoms with van der Waals surface area (Å²) in [6, 6.07) is 1.96. The Kier molecular flexibility index (Phi) is 2.79. The maximum Gasteiger partial charge on any atom is 0.417 e. The van der Waals surface area contributed by atoms with E-state index in [1.54, 1.807) is 0 Å². The molecular weight excluding hydrogens is 280 g/mol. The second kappa shape index (κ2) is 3.89. The van der Waals surface area contributed by atoms with Crippen molar-refractivity contribution in [3.8, 4) is 0 Å². The van der Waals surface area contributed by atoms with E-state index in [-0.39, 0.29) is 16.5 Å². The van der Waals surface area contributed by atoms with E-state index in [0.29, 0.717) is 0 Å². The molecule has 0 saturated carbocycles. The molecule has 0 fully saturated rings. The van der Waals surface area contributed by atoms with Crippen LogP contribution < -0.4 is 0 Å². The monoisotopic (exact) mass is 282 g/mol. The van der Waals surface area contributed by atoms with Gasteiger partial charge in [-0.2, -0.15) is 13.2 Å². The van der Waals surface area contributed by atoms with Crippen molar-refractivity contribution in [2.75, 3.05) is 0 Å². The van der Waals surface area contributed by atoms with Gasteiger partial charge >= 0.3 is 6.18 Å². The van der Waals surface area contributed by atoms with E-state index in [1.165, 1.54) is 0 Å². The number of hydrogen-bond donors (Lipinski definition) is 0. The number of hydrogen-bond acceptors (Lipinski definition) is 2. The number of aromatic nitrogens is 2. The van der Waals surface area contributed by atoms with Gasteiger partial charge in [0.2, 0.25) is 0 Å². The van der Waals surface area contributed by atoms with Crippen LogP contribution in [0, 0.1) is 0 Å². The molecule has 0 aliphatic carbocycles. The Bertz CT molecular complexity index is 606. The van der Waals surface area contributed by atoms with Gasteiger partial charge in [-0.1, -0.05) is 11.6 Å². The number of alkyl halides is 3. The minimum atomic E-state index is -4.49. The van der Waals surface area contributed by atoms with Crippen molar-refractivity contribution in [2.45, 2.75) is 6.18 Å². The Hall–Kier alpha value is -1.27. The molecule has 0 amide bonds. The predicted octanol–water partition coefficient (Wildman–Crippen LogP) is 3.39. The highest BCUT2D eigenvalue weighted by Crippen LogP contribution is 2.30. The fourth-order valence-corrected chi connectivity index (χ4v) is 1.75. The molecule has 0 spiro atoms. The molecule has 0 aliphatic rings. The highest BCUT2D eigenvalue weighted by molar-refractivity contribution is 6.68. The van der Waals surface area contributed by atoms with Gasteiger partial charge in [-0.05, 0) is 23.7 Å². The summed E-state index contributed by atoms with van der Waals surface area (Å²) in [7, 11) is 0. The van der Waals surface area contributed by atoms with Crippen molar-refractivity contribution in [3.05, 3.63) is 34.7 Å². The summed E-state index contributed by atoms with van der Waals surface area (Å²) in [6.07, 6.45) is -3.74. The van der Waals surface area contributed by atoms with Crippen molar-refractivity contribution in [1.82, 2.24) is 9.38 Å². The van der Waals surface area contributed by atoms with Crippen LogP contribution in [-0.4, -0.2) is 14.6 Å². The average molecular weight is 283 g/mol. The first-order chi connectivity index (χ1) is 7.80. The quantitative estimate of drug-likeness (QED) is 0.752. The molecule has 90 valence electrons. The third-order valence-electron chi connectivity index (χ3n) is 2.07. The summed E-state index contributed by atoms with van der Waals surface area (Å²) >= 11 is 10.9. The molecule has 0 aromatic carbocycles. The molecule has 17 heavy (non-hydrogen) atoms. The minimum absolute atomic E-state index is 0.118. The van der Waals surface area contributed by atoms with Crippen molar-refractivity contribution in [1.29, 1.82) is 0 Å². The van der Waals surface area contributed by atoms with Gasteiger partial charge in [-0.25, -0.2) is 4.98 Å². The normalized spacial score (nSPS) is 12.1. The molecule has 2 aromatic rings. The standard InChI is InChI=1S/C9H3Cl2F3N2O/c10-7-6(8(11)17)15-5-2-1-4(3-16(5)7)9(12,13)14/h1-3H. The third-order valence-corrected chi connectivity index (χ3v) is 2.61. The van der Waals surface area contributed by atoms with Gasteiger partial charge < -0.3 is 0 Å². The number of halogens is 5. The lowest BCUT2D eigenvalue weighted by molar-refractivity contribution is -0.137. The van der Waals surface area contributed by atoms with E-state index in [2.05, 4.69) is 4.98 Å². The van der Waals surface area contributed by atoms with E-state index in [4.69, 9.17) is 23.2 Å². The summed E-state index contributed by atoms with van der Waals surface area (Å²) in [5.74, 6) is 0. The van der Waals surface area contributed by atoms with Gasteiger partial charge in [0.1, 0.15) is 10.8 Å². The lowest BCUT2D eigenvalue weighted by Crippen LogP contribution is -2.06. The first kappa shape index (κ1) is 12.2. The Morgan fingerprint density at radius 1 is 1.35 bits per heavy atom. The molecule has 0 N–H and O–H groups in total. The molecule has 0 unspecified atom stereocenters. The Balaban J connectivity index is 2.70. The number of rotatable bonds is 1. The smallest absolute Gasteiger partial charge is 0.289 e. The van der Waals surface area contributed by atoms with Crippen LogP contribution >= 0.6 is 23.2 Å². The number of imidazole rings is 1. The lowest BCUT2D eigenvalue weighted by Gasteiger charge is -2.06. The predicted molar refractivity (Wildman–Crippen MR) is 55.4 cm³/mol. The third kappa shape index (κ3) is 2.10. The minimum Gasteiger partial charge on any atom is -0.289 e. The topological polar surface area (TPSA) is 34.4 Å². The zero-order chi connectivity index (χ0) is 12.8. The SMILES string of the molecule is O=C(Cl)c1nc2ccc(C(F)(F)F)cn2c1Cl. The number of pyridine rings is 1. The van der Waals surface area contributed by atoms with Gasteiger partial charge in [-0.15, -0.1) is 0 Å². The van der Waals surface area contributed by atoms with Crippen LogP contribution in [0.5, 0.6) is 0 Å². The average Bonchev–Trinajstić information content (AvgIpc) is 2.54. The molecule has 0 saturated heterocycles. The van der Waals surface area contributed by atoms with Crippen LogP contribution in [0.2, 0.25) is 5.15 Å². The van der Waals surface area contributed by atoms with Gasteiger partial charge in [0, 0.05) is 6.20 Å².